The molecule has 5 heteroatoms. The Hall–Kier alpha value is -2.16. The van der Waals surface area contributed by atoms with Gasteiger partial charge in [0.25, 0.3) is 0 Å². The van der Waals surface area contributed by atoms with E-state index in [4.69, 9.17) is 4.42 Å². The number of hydrogen-bond acceptors (Lipinski definition) is 3. The monoisotopic (exact) mass is 356 g/mol. The van der Waals surface area contributed by atoms with Gasteiger partial charge in [-0.3, -0.25) is 4.57 Å². The summed E-state index contributed by atoms with van der Waals surface area (Å²) in [5.74, 6) is 0. The maximum absolute atomic E-state index is 12.7. The van der Waals surface area contributed by atoms with E-state index in [0.29, 0.717) is 17.6 Å². The summed E-state index contributed by atoms with van der Waals surface area (Å²) in [5, 5.41) is 0.733. The van der Waals surface area contributed by atoms with Gasteiger partial charge in [-0.25, -0.2) is 4.79 Å². The Morgan fingerprint density at radius 3 is 2.44 bits per heavy atom. The first-order chi connectivity index (χ1) is 11.8. The highest BCUT2D eigenvalue weighted by Gasteiger charge is 2.21. The molecule has 25 heavy (non-hydrogen) atoms. The molecule has 4 nitrogen and oxygen atoms in total. The van der Waals surface area contributed by atoms with Gasteiger partial charge in [-0.1, -0.05) is 30.3 Å². The Balaban J connectivity index is 1.89. The Labute approximate surface area is 146 Å². The van der Waals surface area contributed by atoms with Crippen LogP contribution < -0.4 is 5.63 Å². The van der Waals surface area contributed by atoms with E-state index in [-0.39, 0.29) is 12.3 Å². The van der Waals surface area contributed by atoms with Crippen LogP contribution in [0.3, 0.4) is 0 Å². The van der Waals surface area contributed by atoms with Crippen molar-refractivity contribution in [3.63, 3.8) is 0 Å². The molecule has 0 aliphatic rings. The Kier molecular flexibility index (Phi) is 4.94. The van der Waals surface area contributed by atoms with Crippen molar-refractivity contribution in [1.82, 2.24) is 0 Å². The molecule has 1 unspecified atom stereocenters. The van der Waals surface area contributed by atoms with E-state index in [9.17, 15) is 14.3 Å². The maximum Gasteiger partial charge on any atom is 0.336 e. The van der Waals surface area contributed by atoms with E-state index in [1.165, 1.54) is 6.07 Å². The number of fused-ring (bicyclic) bond motifs is 1. The second kappa shape index (κ2) is 6.99. The van der Waals surface area contributed by atoms with Crippen molar-refractivity contribution < 1.29 is 13.9 Å². The fourth-order valence-electron chi connectivity index (χ4n) is 2.91. The molecular formula is C20H21O4P. The third-order valence-electron chi connectivity index (χ3n) is 4.45. The summed E-state index contributed by atoms with van der Waals surface area (Å²) in [7, 11) is -3.41. The number of benzene rings is 2. The second-order valence-electron chi connectivity index (χ2n) is 6.49. The Morgan fingerprint density at radius 1 is 1.04 bits per heavy atom. The summed E-state index contributed by atoms with van der Waals surface area (Å²) in [4.78, 5) is 22.3. The van der Waals surface area contributed by atoms with Gasteiger partial charge in [-0.05, 0) is 54.7 Å². The van der Waals surface area contributed by atoms with E-state index >= 15 is 0 Å². The van der Waals surface area contributed by atoms with E-state index < -0.39 is 13.0 Å². The smallest absolute Gasteiger partial charge is 0.336 e. The van der Waals surface area contributed by atoms with E-state index in [1.54, 1.807) is 0 Å². The Morgan fingerprint density at radius 2 is 1.72 bits per heavy atom. The highest BCUT2D eigenvalue weighted by molar-refractivity contribution is 7.57. The maximum atomic E-state index is 12.7. The third-order valence-corrected chi connectivity index (χ3v) is 6.21. The SMILES string of the molecule is Cc1cc2oc(=O)cc(CP(=O)(O)CCc3ccccc3)c2cc1C. The molecule has 0 spiro atoms. The van der Waals surface area contributed by atoms with Gasteiger partial charge in [-0.15, -0.1) is 0 Å². The molecule has 1 atom stereocenters. The van der Waals surface area contributed by atoms with E-state index in [1.807, 2.05) is 56.3 Å². The molecule has 0 saturated heterocycles. The highest BCUT2D eigenvalue weighted by Crippen LogP contribution is 2.46. The lowest BCUT2D eigenvalue weighted by Crippen LogP contribution is -2.04. The van der Waals surface area contributed by atoms with Crippen LogP contribution in [0.5, 0.6) is 0 Å². The van der Waals surface area contributed by atoms with Gasteiger partial charge in [0.2, 0.25) is 7.37 Å². The molecule has 0 radical (unpaired) electrons. The van der Waals surface area contributed by atoms with Gasteiger partial charge in [0, 0.05) is 17.6 Å². The van der Waals surface area contributed by atoms with Crippen LogP contribution in [-0.2, 0) is 17.1 Å². The van der Waals surface area contributed by atoms with Crippen molar-refractivity contribution in [1.29, 1.82) is 0 Å². The normalized spacial score (nSPS) is 13.7. The predicted molar refractivity (Wildman–Crippen MR) is 101 cm³/mol. The summed E-state index contributed by atoms with van der Waals surface area (Å²) < 4.78 is 17.9. The average Bonchev–Trinajstić information content (AvgIpc) is 2.55. The first-order valence-electron chi connectivity index (χ1n) is 8.23. The lowest BCUT2D eigenvalue weighted by molar-refractivity contribution is 0.476. The number of aryl methyl sites for hydroxylation is 3. The lowest BCUT2D eigenvalue weighted by atomic mass is 10.0. The third kappa shape index (κ3) is 4.28. The van der Waals surface area contributed by atoms with Gasteiger partial charge < -0.3 is 9.31 Å². The minimum absolute atomic E-state index is 0.0234. The molecule has 0 aliphatic heterocycles. The van der Waals surface area contributed by atoms with Crippen molar-refractivity contribution in [3.05, 3.63) is 81.2 Å². The summed E-state index contributed by atoms with van der Waals surface area (Å²) in [5.41, 5.74) is 3.65. The zero-order valence-corrected chi connectivity index (χ0v) is 15.3. The Bertz CT molecular complexity index is 1010. The fraction of sp³-hybridized carbons (Fsp3) is 0.250. The lowest BCUT2D eigenvalue weighted by Gasteiger charge is -2.14. The summed E-state index contributed by atoms with van der Waals surface area (Å²) in [6.07, 6.45) is 0.695. The zero-order chi connectivity index (χ0) is 18.0. The molecule has 1 aromatic heterocycles. The van der Waals surface area contributed by atoms with Gasteiger partial charge in [0.1, 0.15) is 5.58 Å². The van der Waals surface area contributed by atoms with Crippen molar-refractivity contribution >= 4 is 18.3 Å². The van der Waals surface area contributed by atoms with Crippen LogP contribution in [0.1, 0.15) is 22.3 Å². The van der Waals surface area contributed by atoms with Crippen LogP contribution in [-0.4, -0.2) is 11.1 Å². The van der Waals surface area contributed by atoms with Gasteiger partial charge in [-0.2, -0.15) is 0 Å². The summed E-state index contributed by atoms with van der Waals surface area (Å²) in [6, 6.07) is 14.7. The minimum Gasteiger partial charge on any atom is -0.423 e. The minimum atomic E-state index is -3.41. The molecule has 130 valence electrons. The summed E-state index contributed by atoms with van der Waals surface area (Å²) >= 11 is 0. The van der Waals surface area contributed by atoms with Crippen molar-refractivity contribution in [3.8, 4) is 0 Å². The van der Waals surface area contributed by atoms with Crippen LogP contribution in [0.2, 0.25) is 0 Å². The zero-order valence-electron chi connectivity index (χ0n) is 14.4. The molecule has 0 fully saturated rings. The van der Waals surface area contributed by atoms with Crippen molar-refractivity contribution in [2.75, 3.05) is 6.16 Å². The van der Waals surface area contributed by atoms with Gasteiger partial charge >= 0.3 is 5.63 Å². The molecule has 0 aliphatic carbocycles. The fourth-order valence-corrected chi connectivity index (χ4v) is 4.47. The van der Waals surface area contributed by atoms with Crippen LogP contribution in [0, 0.1) is 13.8 Å². The van der Waals surface area contributed by atoms with Gasteiger partial charge in [0.05, 0.1) is 6.16 Å². The van der Waals surface area contributed by atoms with Crippen LogP contribution in [0.15, 0.2) is 57.7 Å². The topological polar surface area (TPSA) is 67.5 Å². The molecule has 3 rings (SSSR count). The molecule has 0 amide bonds. The quantitative estimate of drug-likeness (QED) is 0.543. The first kappa shape index (κ1) is 17.7. The molecule has 3 aromatic rings. The number of rotatable bonds is 5. The summed E-state index contributed by atoms with van der Waals surface area (Å²) in [6.45, 7) is 3.91. The molecule has 1 heterocycles. The average molecular weight is 356 g/mol. The van der Waals surface area contributed by atoms with E-state index in [2.05, 4.69) is 0 Å². The molecule has 0 saturated carbocycles. The molecular weight excluding hydrogens is 335 g/mol. The van der Waals surface area contributed by atoms with Crippen molar-refractivity contribution in [2.45, 2.75) is 26.4 Å². The molecule has 0 bridgehead atoms. The molecule has 2 aromatic carbocycles. The number of hydrogen-bond donors (Lipinski definition) is 1. The van der Waals surface area contributed by atoms with Crippen molar-refractivity contribution in [2.24, 2.45) is 0 Å². The largest absolute Gasteiger partial charge is 0.423 e. The van der Waals surface area contributed by atoms with Gasteiger partial charge in [0.15, 0.2) is 0 Å². The highest BCUT2D eigenvalue weighted by atomic mass is 31.2. The van der Waals surface area contributed by atoms with Crippen LogP contribution >= 0.6 is 7.37 Å². The first-order valence-corrected chi connectivity index (χ1v) is 10.3. The second-order valence-corrected chi connectivity index (χ2v) is 8.94. The van der Waals surface area contributed by atoms with E-state index in [0.717, 1.165) is 22.1 Å². The molecule has 1 N–H and O–H groups in total. The van der Waals surface area contributed by atoms with Crippen LogP contribution in [0.25, 0.3) is 11.0 Å². The van der Waals surface area contributed by atoms with Crippen LogP contribution in [0.4, 0.5) is 0 Å². The standard InChI is InChI=1S/C20H21O4P/c1-14-10-18-17(12-20(21)24-19(18)11-15(14)2)13-25(22,23)9-8-16-6-4-3-5-7-16/h3-7,10-12H,8-9,13H2,1-2H3,(H,22,23). The predicted octanol–water partition coefficient (Wildman–Crippen LogP) is 4.42.